The van der Waals surface area contributed by atoms with Crippen LogP contribution in [0, 0.1) is 0 Å². The second kappa shape index (κ2) is 4.88. The third-order valence-electron chi connectivity index (χ3n) is 2.47. The zero-order valence-corrected chi connectivity index (χ0v) is 9.69. The van der Waals surface area contributed by atoms with Gasteiger partial charge in [0.25, 0.3) is 11.5 Å². The molecule has 0 fully saturated rings. The number of ether oxygens (including phenoxy) is 1. The molecule has 0 saturated carbocycles. The fourth-order valence-corrected chi connectivity index (χ4v) is 1.41. The lowest BCUT2D eigenvalue weighted by molar-refractivity contribution is -0.169. The van der Waals surface area contributed by atoms with Crippen LogP contribution >= 0.6 is 0 Å². The van der Waals surface area contributed by atoms with Crippen molar-refractivity contribution in [3.8, 4) is 0 Å². The number of amides is 1. The number of hydrogen-bond acceptors (Lipinski definition) is 4. The third-order valence-corrected chi connectivity index (χ3v) is 2.47. The molecule has 0 aromatic heterocycles. The summed E-state index contributed by atoms with van der Waals surface area (Å²) in [6.07, 6.45) is -4.57. The van der Waals surface area contributed by atoms with Crippen molar-refractivity contribution < 1.29 is 32.6 Å². The van der Waals surface area contributed by atoms with Crippen molar-refractivity contribution in [3.05, 3.63) is 35.4 Å². The van der Waals surface area contributed by atoms with Crippen LogP contribution in [0.15, 0.2) is 24.3 Å². The highest BCUT2D eigenvalue weighted by Crippen LogP contribution is 2.31. The van der Waals surface area contributed by atoms with E-state index in [4.69, 9.17) is 5.73 Å². The standard InChI is InChI=1S/C11H10F3NO4/c1-19-9(17)10(18,8(15)16)6-2-4-7(5-3-6)11(12,13)14/h2-5,18H,1H3,(H2,15,16)/t10-/m0/s1. The summed E-state index contributed by atoms with van der Waals surface area (Å²) >= 11 is 0. The smallest absolute Gasteiger partial charge is 0.416 e. The maximum atomic E-state index is 12.4. The predicted octanol–water partition coefficient (Wildman–Crippen LogP) is 0.551. The molecule has 1 aromatic carbocycles. The van der Waals surface area contributed by atoms with Crippen LogP contribution in [0.4, 0.5) is 13.2 Å². The Labute approximate surface area is 105 Å². The molecule has 0 aliphatic heterocycles. The molecule has 3 N–H and O–H groups in total. The van der Waals surface area contributed by atoms with Crippen molar-refractivity contribution in [1.82, 2.24) is 0 Å². The number of carbonyl (C=O) groups excluding carboxylic acids is 2. The van der Waals surface area contributed by atoms with Crippen LogP contribution in [0.25, 0.3) is 0 Å². The lowest BCUT2D eigenvalue weighted by Crippen LogP contribution is -2.48. The van der Waals surface area contributed by atoms with Crippen molar-refractivity contribution in [2.24, 2.45) is 5.73 Å². The van der Waals surface area contributed by atoms with Crippen LogP contribution in [0.1, 0.15) is 11.1 Å². The summed E-state index contributed by atoms with van der Waals surface area (Å²) in [7, 11) is 0.903. The van der Waals surface area contributed by atoms with Gasteiger partial charge in [0.15, 0.2) is 0 Å². The molecule has 0 spiro atoms. The first-order valence-electron chi connectivity index (χ1n) is 4.92. The van der Waals surface area contributed by atoms with Crippen LogP contribution < -0.4 is 5.73 Å². The Morgan fingerprint density at radius 2 is 1.58 bits per heavy atom. The quantitative estimate of drug-likeness (QED) is 0.623. The highest BCUT2D eigenvalue weighted by molar-refractivity contribution is 6.05. The number of methoxy groups -OCH3 is 1. The van der Waals surface area contributed by atoms with Gasteiger partial charge in [-0.2, -0.15) is 13.2 Å². The van der Waals surface area contributed by atoms with E-state index >= 15 is 0 Å². The van der Waals surface area contributed by atoms with Crippen molar-refractivity contribution in [1.29, 1.82) is 0 Å². The summed E-state index contributed by atoms with van der Waals surface area (Å²) in [5.74, 6) is -2.82. The Morgan fingerprint density at radius 3 is 1.89 bits per heavy atom. The summed E-state index contributed by atoms with van der Waals surface area (Å²) in [6.45, 7) is 0. The van der Waals surface area contributed by atoms with E-state index in [0.717, 1.165) is 19.2 Å². The first-order valence-corrected chi connectivity index (χ1v) is 4.92. The molecule has 1 aromatic rings. The van der Waals surface area contributed by atoms with Gasteiger partial charge in [-0.25, -0.2) is 4.79 Å². The summed E-state index contributed by atoms with van der Waals surface area (Å²) < 4.78 is 41.3. The minimum absolute atomic E-state index is 0.403. The summed E-state index contributed by atoms with van der Waals surface area (Å²) in [6, 6.07) is 2.80. The van der Waals surface area contributed by atoms with E-state index in [9.17, 15) is 27.9 Å². The molecule has 8 heteroatoms. The van der Waals surface area contributed by atoms with E-state index in [1.807, 2.05) is 0 Å². The molecule has 0 saturated heterocycles. The predicted molar refractivity (Wildman–Crippen MR) is 56.6 cm³/mol. The molecule has 1 amide bonds. The van der Waals surface area contributed by atoms with Gasteiger partial charge >= 0.3 is 12.1 Å². The normalized spacial score (nSPS) is 14.6. The average molecular weight is 277 g/mol. The number of hydrogen-bond donors (Lipinski definition) is 2. The molecule has 0 heterocycles. The molecule has 0 bridgehead atoms. The lowest BCUT2D eigenvalue weighted by atomic mass is 9.92. The number of rotatable bonds is 3. The van der Waals surface area contributed by atoms with E-state index < -0.39 is 34.8 Å². The molecule has 104 valence electrons. The summed E-state index contributed by atoms with van der Waals surface area (Å²) in [4.78, 5) is 22.5. The van der Waals surface area contributed by atoms with Gasteiger partial charge < -0.3 is 15.6 Å². The molecule has 0 unspecified atom stereocenters. The molecule has 19 heavy (non-hydrogen) atoms. The fourth-order valence-electron chi connectivity index (χ4n) is 1.41. The molecule has 1 rings (SSSR count). The van der Waals surface area contributed by atoms with Crippen molar-refractivity contribution in [3.63, 3.8) is 0 Å². The zero-order chi connectivity index (χ0) is 14.8. The van der Waals surface area contributed by atoms with Gasteiger partial charge in [0, 0.05) is 5.56 Å². The largest absolute Gasteiger partial charge is 0.466 e. The van der Waals surface area contributed by atoms with Crippen LogP contribution in [0.3, 0.4) is 0 Å². The molecule has 5 nitrogen and oxygen atoms in total. The molecular formula is C11H10F3NO4. The van der Waals surface area contributed by atoms with E-state index in [-0.39, 0.29) is 0 Å². The number of aliphatic hydroxyl groups is 1. The SMILES string of the molecule is COC(=O)[C@@](O)(C(N)=O)c1ccc(C(F)(F)F)cc1. The summed E-state index contributed by atoms with van der Waals surface area (Å²) in [5.41, 5.74) is 0.675. The number of primary amides is 1. The Balaban J connectivity index is 3.27. The maximum Gasteiger partial charge on any atom is 0.416 e. The molecule has 0 aliphatic carbocycles. The molecule has 1 atom stereocenters. The second-order valence-corrected chi connectivity index (χ2v) is 3.64. The Morgan fingerprint density at radius 1 is 1.16 bits per heavy atom. The number of nitrogens with two attached hydrogens (primary N) is 1. The van der Waals surface area contributed by atoms with Crippen molar-refractivity contribution >= 4 is 11.9 Å². The van der Waals surface area contributed by atoms with Crippen molar-refractivity contribution in [2.75, 3.05) is 7.11 Å². The molecular weight excluding hydrogens is 267 g/mol. The van der Waals surface area contributed by atoms with Gasteiger partial charge in [-0.3, -0.25) is 4.79 Å². The van der Waals surface area contributed by atoms with Crippen LogP contribution in [0.2, 0.25) is 0 Å². The van der Waals surface area contributed by atoms with E-state index in [1.165, 1.54) is 0 Å². The van der Waals surface area contributed by atoms with Gasteiger partial charge in [0.1, 0.15) is 0 Å². The lowest BCUT2D eigenvalue weighted by Gasteiger charge is -2.22. The number of esters is 1. The minimum atomic E-state index is -4.57. The Hall–Kier alpha value is -2.09. The number of carbonyl (C=O) groups is 2. The monoisotopic (exact) mass is 277 g/mol. The number of alkyl halides is 3. The first kappa shape index (κ1) is 15.0. The van der Waals surface area contributed by atoms with Crippen LogP contribution in [-0.4, -0.2) is 24.1 Å². The highest BCUT2D eigenvalue weighted by atomic mass is 19.4. The minimum Gasteiger partial charge on any atom is -0.466 e. The number of halogens is 3. The van der Waals surface area contributed by atoms with Gasteiger partial charge in [-0.05, 0) is 12.1 Å². The summed E-state index contributed by atoms with van der Waals surface area (Å²) in [5, 5.41) is 9.89. The van der Waals surface area contributed by atoms with E-state index in [2.05, 4.69) is 4.74 Å². The van der Waals surface area contributed by atoms with Gasteiger partial charge in [0.05, 0.1) is 12.7 Å². The Kier molecular flexibility index (Phi) is 3.85. The maximum absolute atomic E-state index is 12.4. The van der Waals surface area contributed by atoms with Crippen LogP contribution in [-0.2, 0) is 26.1 Å². The molecule has 0 aliphatic rings. The Bertz CT molecular complexity index is 498. The topological polar surface area (TPSA) is 89.6 Å². The fraction of sp³-hybridized carbons (Fsp3) is 0.273. The number of benzene rings is 1. The van der Waals surface area contributed by atoms with Crippen LogP contribution in [0.5, 0.6) is 0 Å². The van der Waals surface area contributed by atoms with Gasteiger partial charge in [-0.1, -0.05) is 12.1 Å². The van der Waals surface area contributed by atoms with E-state index in [1.54, 1.807) is 0 Å². The van der Waals surface area contributed by atoms with Crippen molar-refractivity contribution in [2.45, 2.75) is 11.8 Å². The third kappa shape index (κ3) is 2.68. The first-order chi connectivity index (χ1) is 8.64. The second-order valence-electron chi connectivity index (χ2n) is 3.64. The average Bonchev–Trinajstić information content (AvgIpc) is 2.35. The molecule has 0 radical (unpaired) electrons. The highest BCUT2D eigenvalue weighted by Gasteiger charge is 2.46. The van der Waals surface area contributed by atoms with Gasteiger partial charge in [0.2, 0.25) is 0 Å². The zero-order valence-electron chi connectivity index (χ0n) is 9.69. The van der Waals surface area contributed by atoms with E-state index in [0.29, 0.717) is 12.1 Å². The van der Waals surface area contributed by atoms with Gasteiger partial charge in [-0.15, -0.1) is 0 Å².